The third kappa shape index (κ3) is 4.98. The van der Waals surface area contributed by atoms with Crippen molar-refractivity contribution in [3.8, 4) is 0 Å². The largest absolute Gasteiger partial charge is 0.330 e. The Balaban J connectivity index is 2.33. The summed E-state index contributed by atoms with van der Waals surface area (Å²) in [5.74, 6) is 0.829. The molecule has 2 N–H and O–H groups in total. The van der Waals surface area contributed by atoms with Gasteiger partial charge in [-0.15, -0.1) is 0 Å². The first-order chi connectivity index (χ1) is 7.24. The number of nitrogens with zero attached hydrogens (tertiary/aromatic N) is 1. The third-order valence-electron chi connectivity index (χ3n) is 3.48. The second-order valence-electron chi connectivity index (χ2n) is 5.30. The average molecular weight is 212 g/mol. The summed E-state index contributed by atoms with van der Waals surface area (Å²) in [6.45, 7) is 8.09. The topological polar surface area (TPSA) is 29.3 Å². The van der Waals surface area contributed by atoms with Crippen LogP contribution in [-0.2, 0) is 0 Å². The van der Waals surface area contributed by atoms with Gasteiger partial charge in [-0.3, -0.25) is 0 Å². The molecule has 1 aliphatic rings. The van der Waals surface area contributed by atoms with Gasteiger partial charge in [0, 0.05) is 6.04 Å². The molecule has 1 fully saturated rings. The van der Waals surface area contributed by atoms with Crippen molar-refractivity contribution in [2.24, 2.45) is 11.7 Å². The van der Waals surface area contributed by atoms with Crippen LogP contribution in [-0.4, -0.2) is 30.6 Å². The van der Waals surface area contributed by atoms with Crippen molar-refractivity contribution >= 4 is 0 Å². The van der Waals surface area contributed by atoms with Crippen LogP contribution >= 0.6 is 0 Å². The Morgan fingerprint density at radius 3 is 2.20 bits per heavy atom. The van der Waals surface area contributed by atoms with E-state index in [1.807, 2.05) is 0 Å². The van der Waals surface area contributed by atoms with Gasteiger partial charge in [-0.2, -0.15) is 0 Å². The van der Waals surface area contributed by atoms with Gasteiger partial charge in [0.25, 0.3) is 0 Å². The van der Waals surface area contributed by atoms with E-state index in [-0.39, 0.29) is 0 Å². The Kier molecular flexibility index (Phi) is 6.26. The quantitative estimate of drug-likeness (QED) is 0.733. The molecule has 0 saturated carbocycles. The molecule has 0 bridgehead atoms. The van der Waals surface area contributed by atoms with Gasteiger partial charge >= 0.3 is 0 Å². The lowest BCUT2D eigenvalue weighted by Gasteiger charge is -2.35. The monoisotopic (exact) mass is 212 g/mol. The Morgan fingerprint density at radius 1 is 1.00 bits per heavy atom. The molecule has 0 aromatic rings. The molecule has 1 rings (SSSR count). The maximum Gasteiger partial charge on any atom is 0.0107 e. The van der Waals surface area contributed by atoms with E-state index < -0.39 is 0 Å². The van der Waals surface area contributed by atoms with Crippen molar-refractivity contribution < 1.29 is 0 Å². The van der Waals surface area contributed by atoms with Gasteiger partial charge in [0.2, 0.25) is 0 Å². The van der Waals surface area contributed by atoms with Gasteiger partial charge in [-0.25, -0.2) is 0 Å². The minimum absolute atomic E-state index is 0.762. The second kappa shape index (κ2) is 7.24. The predicted octanol–water partition coefficient (Wildman–Crippen LogP) is 2.63. The Labute approximate surface area is 95.2 Å². The Hall–Kier alpha value is -0.0800. The van der Waals surface area contributed by atoms with E-state index in [1.165, 1.54) is 51.6 Å². The highest BCUT2D eigenvalue weighted by Crippen LogP contribution is 2.19. The lowest BCUT2D eigenvalue weighted by Crippen LogP contribution is -2.40. The smallest absolute Gasteiger partial charge is 0.0107 e. The zero-order chi connectivity index (χ0) is 11.1. The summed E-state index contributed by atoms with van der Waals surface area (Å²) < 4.78 is 0. The third-order valence-corrected chi connectivity index (χ3v) is 3.48. The molecule has 2 heteroatoms. The molecule has 0 aliphatic carbocycles. The molecule has 0 amide bonds. The minimum Gasteiger partial charge on any atom is -0.330 e. The van der Waals surface area contributed by atoms with Crippen LogP contribution in [0.1, 0.15) is 52.4 Å². The fourth-order valence-electron chi connectivity index (χ4n) is 2.51. The van der Waals surface area contributed by atoms with E-state index in [0.29, 0.717) is 0 Å². The van der Waals surface area contributed by atoms with Crippen molar-refractivity contribution in [3.05, 3.63) is 0 Å². The maximum atomic E-state index is 5.72. The normalized spacial score (nSPS) is 20.8. The van der Waals surface area contributed by atoms with Gasteiger partial charge in [0.05, 0.1) is 0 Å². The molecule has 1 unspecified atom stereocenters. The number of hydrogen-bond acceptors (Lipinski definition) is 2. The van der Waals surface area contributed by atoms with E-state index in [9.17, 15) is 0 Å². The first kappa shape index (κ1) is 13.0. The molecule has 0 aromatic heterocycles. The highest BCUT2D eigenvalue weighted by atomic mass is 15.2. The summed E-state index contributed by atoms with van der Waals surface area (Å²) in [6, 6.07) is 0.762. The van der Waals surface area contributed by atoms with E-state index >= 15 is 0 Å². The molecular formula is C13H28N2. The molecule has 15 heavy (non-hydrogen) atoms. The molecule has 1 saturated heterocycles. The predicted molar refractivity (Wildman–Crippen MR) is 67.0 cm³/mol. The number of likely N-dealkylation sites (tertiary alicyclic amines) is 1. The van der Waals surface area contributed by atoms with E-state index in [1.54, 1.807) is 0 Å². The van der Waals surface area contributed by atoms with Crippen molar-refractivity contribution in [2.75, 3.05) is 19.6 Å². The number of nitrogens with two attached hydrogens (primary N) is 1. The van der Waals surface area contributed by atoms with Crippen LogP contribution in [0.25, 0.3) is 0 Å². The summed E-state index contributed by atoms with van der Waals surface area (Å²) in [4.78, 5) is 2.68. The number of piperidine rings is 1. The van der Waals surface area contributed by atoms with Gasteiger partial charge < -0.3 is 10.6 Å². The molecular weight excluding hydrogens is 184 g/mol. The lowest BCUT2D eigenvalue weighted by atomic mass is 9.98. The SMILES string of the molecule is CC(C)CCC(CCN)N1CCCCC1. The van der Waals surface area contributed by atoms with Crippen LogP contribution in [0, 0.1) is 5.92 Å². The highest BCUT2D eigenvalue weighted by Gasteiger charge is 2.19. The van der Waals surface area contributed by atoms with Crippen molar-refractivity contribution in [2.45, 2.75) is 58.4 Å². The summed E-state index contributed by atoms with van der Waals surface area (Å²) in [5.41, 5.74) is 5.72. The van der Waals surface area contributed by atoms with Crippen LogP contribution < -0.4 is 5.73 Å². The first-order valence-corrected chi connectivity index (χ1v) is 6.68. The summed E-state index contributed by atoms with van der Waals surface area (Å²) in [7, 11) is 0. The van der Waals surface area contributed by atoms with Crippen LogP contribution in [0.5, 0.6) is 0 Å². The van der Waals surface area contributed by atoms with E-state index in [0.717, 1.165) is 18.5 Å². The number of hydrogen-bond donors (Lipinski definition) is 1. The van der Waals surface area contributed by atoms with Crippen LogP contribution in [0.4, 0.5) is 0 Å². The van der Waals surface area contributed by atoms with Crippen LogP contribution in [0.3, 0.4) is 0 Å². The lowest BCUT2D eigenvalue weighted by molar-refractivity contribution is 0.144. The van der Waals surface area contributed by atoms with Gasteiger partial charge in [0.1, 0.15) is 0 Å². The van der Waals surface area contributed by atoms with Crippen LogP contribution in [0.2, 0.25) is 0 Å². The fourth-order valence-corrected chi connectivity index (χ4v) is 2.51. The van der Waals surface area contributed by atoms with Crippen LogP contribution in [0.15, 0.2) is 0 Å². The average Bonchev–Trinajstić information content (AvgIpc) is 2.25. The minimum atomic E-state index is 0.762. The Morgan fingerprint density at radius 2 is 1.67 bits per heavy atom. The molecule has 0 spiro atoms. The zero-order valence-corrected chi connectivity index (χ0v) is 10.5. The van der Waals surface area contributed by atoms with Gasteiger partial charge in [-0.1, -0.05) is 20.3 Å². The molecule has 0 radical (unpaired) electrons. The molecule has 90 valence electrons. The van der Waals surface area contributed by atoms with E-state index in [2.05, 4.69) is 18.7 Å². The van der Waals surface area contributed by atoms with Gasteiger partial charge in [-0.05, 0) is 57.7 Å². The molecule has 0 aromatic carbocycles. The van der Waals surface area contributed by atoms with Crippen molar-refractivity contribution in [1.82, 2.24) is 4.90 Å². The first-order valence-electron chi connectivity index (χ1n) is 6.68. The van der Waals surface area contributed by atoms with Gasteiger partial charge in [0.15, 0.2) is 0 Å². The Bertz CT molecular complexity index is 151. The summed E-state index contributed by atoms with van der Waals surface area (Å²) >= 11 is 0. The molecule has 2 nitrogen and oxygen atoms in total. The highest BCUT2D eigenvalue weighted by molar-refractivity contribution is 4.75. The molecule has 1 aliphatic heterocycles. The summed E-state index contributed by atoms with van der Waals surface area (Å²) in [5, 5.41) is 0. The fraction of sp³-hybridized carbons (Fsp3) is 1.00. The number of rotatable bonds is 6. The molecule has 1 atom stereocenters. The van der Waals surface area contributed by atoms with Crippen molar-refractivity contribution in [1.29, 1.82) is 0 Å². The maximum absolute atomic E-state index is 5.72. The second-order valence-corrected chi connectivity index (χ2v) is 5.30. The van der Waals surface area contributed by atoms with E-state index in [4.69, 9.17) is 5.73 Å². The zero-order valence-electron chi connectivity index (χ0n) is 10.5. The summed E-state index contributed by atoms with van der Waals surface area (Å²) in [6.07, 6.45) is 8.09. The molecule has 1 heterocycles. The van der Waals surface area contributed by atoms with Crippen molar-refractivity contribution in [3.63, 3.8) is 0 Å². The standard InChI is InChI=1S/C13H28N2/c1-12(2)6-7-13(8-9-14)15-10-4-3-5-11-15/h12-13H,3-11,14H2,1-2H3.